The van der Waals surface area contributed by atoms with E-state index < -0.39 is 0 Å². The molecule has 0 atom stereocenters. The molecule has 0 spiro atoms. The van der Waals surface area contributed by atoms with Gasteiger partial charge in [0.05, 0.1) is 18.0 Å². The number of aliphatic hydroxyl groups excluding tert-OH is 1. The Morgan fingerprint density at radius 2 is 1.30 bits per heavy atom. The van der Waals surface area contributed by atoms with Crippen LogP contribution in [0.1, 0.15) is 16.7 Å². The first-order chi connectivity index (χ1) is 11.4. The Labute approximate surface area is 135 Å². The second-order valence-corrected chi connectivity index (χ2v) is 5.61. The monoisotopic (exact) mass is 299 g/mol. The van der Waals surface area contributed by atoms with E-state index in [0.29, 0.717) is 0 Å². The maximum absolute atomic E-state index is 9.48. The van der Waals surface area contributed by atoms with Crippen LogP contribution in [-0.4, -0.2) is 5.11 Å². The van der Waals surface area contributed by atoms with Crippen molar-refractivity contribution in [2.24, 2.45) is 0 Å². The van der Waals surface area contributed by atoms with Gasteiger partial charge in [0.25, 0.3) is 0 Å². The summed E-state index contributed by atoms with van der Waals surface area (Å²) in [7, 11) is 0. The Balaban J connectivity index is 1.98. The summed E-state index contributed by atoms with van der Waals surface area (Å²) in [6.07, 6.45) is 4.31. The molecule has 112 valence electrons. The quantitative estimate of drug-likeness (QED) is 0.554. The Morgan fingerprint density at radius 1 is 0.696 bits per heavy atom. The van der Waals surface area contributed by atoms with Crippen molar-refractivity contribution >= 4 is 29.2 Å². The van der Waals surface area contributed by atoms with Crippen LogP contribution in [0.5, 0.6) is 0 Å². The summed E-state index contributed by atoms with van der Waals surface area (Å²) in [4.78, 5) is 2.25. The molecule has 3 aromatic carbocycles. The van der Waals surface area contributed by atoms with Crippen LogP contribution in [0, 0.1) is 0 Å². The average Bonchev–Trinajstić information content (AvgIpc) is 2.78. The average molecular weight is 299 g/mol. The van der Waals surface area contributed by atoms with E-state index in [2.05, 4.69) is 71.6 Å². The predicted molar refractivity (Wildman–Crippen MR) is 96.0 cm³/mol. The molecule has 1 heterocycles. The number of para-hydroxylation sites is 2. The minimum Gasteiger partial charge on any atom is -0.392 e. The third-order valence-electron chi connectivity index (χ3n) is 4.15. The summed E-state index contributed by atoms with van der Waals surface area (Å²) >= 11 is 0. The van der Waals surface area contributed by atoms with E-state index in [1.54, 1.807) is 0 Å². The molecule has 0 aromatic heterocycles. The van der Waals surface area contributed by atoms with Gasteiger partial charge in [-0.1, -0.05) is 60.7 Å². The zero-order valence-corrected chi connectivity index (χ0v) is 12.7. The Morgan fingerprint density at radius 3 is 1.91 bits per heavy atom. The van der Waals surface area contributed by atoms with Crippen molar-refractivity contribution in [2.75, 3.05) is 4.90 Å². The third kappa shape index (κ3) is 2.43. The van der Waals surface area contributed by atoms with E-state index in [0.717, 1.165) is 22.6 Å². The second-order valence-electron chi connectivity index (χ2n) is 5.61. The van der Waals surface area contributed by atoms with Gasteiger partial charge in [-0.25, -0.2) is 0 Å². The Kier molecular flexibility index (Phi) is 3.45. The molecule has 1 aliphatic rings. The van der Waals surface area contributed by atoms with Gasteiger partial charge >= 0.3 is 0 Å². The highest BCUT2D eigenvalue weighted by molar-refractivity contribution is 5.93. The van der Waals surface area contributed by atoms with Gasteiger partial charge in [-0.05, 0) is 41.0 Å². The number of anilines is 3. The molecular weight excluding hydrogens is 282 g/mol. The van der Waals surface area contributed by atoms with E-state index in [4.69, 9.17) is 0 Å². The fourth-order valence-electron chi connectivity index (χ4n) is 3.05. The highest BCUT2D eigenvalue weighted by Gasteiger charge is 2.19. The minimum absolute atomic E-state index is 0.0449. The van der Waals surface area contributed by atoms with Crippen LogP contribution in [0.3, 0.4) is 0 Å². The summed E-state index contributed by atoms with van der Waals surface area (Å²) < 4.78 is 0. The van der Waals surface area contributed by atoms with Crippen LogP contribution in [0.15, 0.2) is 72.8 Å². The molecular formula is C21H17NO. The maximum Gasteiger partial charge on any atom is 0.0682 e. The lowest BCUT2D eigenvalue weighted by Crippen LogP contribution is -2.11. The lowest BCUT2D eigenvalue weighted by Gasteiger charge is -2.27. The van der Waals surface area contributed by atoms with Gasteiger partial charge < -0.3 is 10.0 Å². The summed E-state index contributed by atoms with van der Waals surface area (Å²) in [6.45, 7) is 0.0449. The molecule has 0 amide bonds. The molecule has 1 N–H and O–H groups in total. The zero-order valence-electron chi connectivity index (χ0n) is 12.7. The molecule has 23 heavy (non-hydrogen) atoms. The first-order valence-electron chi connectivity index (χ1n) is 7.73. The molecule has 4 rings (SSSR count). The topological polar surface area (TPSA) is 23.5 Å². The summed E-state index contributed by atoms with van der Waals surface area (Å²) in [5.74, 6) is 0. The number of aliphatic hydroxyl groups is 1. The van der Waals surface area contributed by atoms with Crippen molar-refractivity contribution in [3.8, 4) is 0 Å². The molecule has 0 unspecified atom stereocenters. The van der Waals surface area contributed by atoms with Gasteiger partial charge in [0.15, 0.2) is 0 Å². The normalized spacial score (nSPS) is 12.5. The molecule has 0 aliphatic carbocycles. The van der Waals surface area contributed by atoms with Crippen molar-refractivity contribution < 1.29 is 5.11 Å². The SMILES string of the molecule is OCc1cccc(N2c3ccccc3C=Cc3ccccc32)c1. The number of rotatable bonds is 2. The van der Waals surface area contributed by atoms with Crippen LogP contribution in [-0.2, 0) is 6.61 Å². The molecule has 2 nitrogen and oxygen atoms in total. The molecule has 0 saturated carbocycles. The fraction of sp³-hybridized carbons (Fsp3) is 0.0476. The van der Waals surface area contributed by atoms with Crippen molar-refractivity contribution in [1.29, 1.82) is 0 Å². The van der Waals surface area contributed by atoms with Crippen LogP contribution >= 0.6 is 0 Å². The third-order valence-corrected chi connectivity index (χ3v) is 4.15. The molecule has 0 fully saturated rings. The number of hydrogen-bond acceptors (Lipinski definition) is 2. The largest absolute Gasteiger partial charge is 0.392 e. The molecule has 2 heteroatoms. The van der Waals surface area contributed by atoms with Crippen molar-refractivity contribution in [3.05, 3.63) is 89.5 Å². The minimum atomic E-state index is 0.0449. The van der Waals surface area contributed by atoms with Gasteiger partial charge in [-0.3, -0.25) is 0 Å². The first-order valence-corrected chi connectivity index (χ1v) is 7.73. The second kappa shape index (κ2) is 5.75. The van der Waals surface area contributed by atoms with Gasteiger partial charge in [0.2, 0.25) is 0 Å². The summed E-state index contributed by atoms with van der Waals surface area (Å²) in [5.41, 5.74) is 6.61. The fourth-order valence-corrected chi connectivity index (χ4v) is 3.05. The van der Waals surface area contributed by atoms with Crippen LogP contribution in [0.2, 0.25) is 0 Å². The van der Waals surface area contributed by atoms with E-state index in [-0.39, 0.29) is 6.61 Å². The molecule has 0 radical (unpaired) electrons. The Bertz CT molecular complexity index is 833. The van der Waals surface area contributed by atoms with Crippen molar-refractivity contribution in [1.82, 2.24) is 0 Å². The highest BCUT2D eigenvalue weighted by Crippen LogP contribution is 2.41. The lowest BCUT2D eigenvalue weighted by molar-refractivity contribution is 0.282. The number of hydrogen-bond donors (Lipinski definition) is 1. The summed E-state index contributed by atoms with van der Waals surface area (Å²) in [6, 6.07) is 24.8. The van der Waals surface area contributed by atoms with Crippen LogP contribution in [0.4, 0.5) is 17.1 Å². The highest BCUT2D eigenvalue weighted by atomic mass is 16.3. The zero-order chi connectivity index (χ0) is 15.6. The van der Waals surface area contributed by atoms with Gasteiger partial charge in [0, 0.05) is 5.69 Å². The smallest absolute Gasteiger partial charge is 0.0682 e. The maximum atomic E-state index is 9.48. The number of nitrogens with zero attached hydrogens (tertiary/aromatic N) is 1. The molecule has 1 aliphatic heterocycles. The number of benzene rings is 3. The van der Waals surface area contributed by atoms with Gasteiger partial charge in [0.1, 0.15) is 0 Å². The number of fused-ring (bicyclic) bond motifs is 2. The molecule has 3 aromatic rings. The van der Waals surface area contributed by atoms with E-state index in [1.807, 2.05) is 18.2 Å². The van der Waals surface area contributed by atoms with Crippen molar-refractivity contribution in [2.45, 2.75) is 6.61 Å². The van der Waals surface area contributed by atoms with Crippen LogP contribution in [0.25, 0.3) is 12.2 Å². The van der Waals surface area contributed by atoms with E-state index in [9.17, 15) is 5.11 Å². The first kappa shape index (κ1) is 13.8. The summed E-state index contributed by atoms with van der Waals surface area (Å²) in [5, 5.41) is 9.48. The Hall–Kier alpha value is -2.84. The van der Waals surface area contributed by atoms with Crippen molar-refractivity contribution in [3.63, 3.8) is 0 Å². The van der Waals surface area contributed by atoms with E-state index in [1.165, 1.54) is 11.1 Å². The lowest BCUT2D eigenvalue weighted by atomic mass is 10.1. The predicted octanol–water partition coefficient (Wildman–Crippen LogP) is 5.13. The van der Waals surface area contributed by atoms with Gasteiger partial charge in [-0.15, -0.1) is 0 Å². The van der Waals surface area contributed by atoms with Gasteiger partial charge in [-0.2, -0.15) is 0 Å². The molecule has 0 bridgehead atoms. The standard InChI is InChI=1S/C21H17NO/c23-15-16-6-5-9-19(14-16)22-20-10-3-1-7-17(20)12-13-18-8-2-4-11-21(18)22/h1-14,23H,15H2. The van der Waals surface area contributed by atoms with E-state index >= 15 is 0 Å². The molecule has 0 saturated heterocycles. The van der Waals surface area contributed by atoms with Crippen LogP contribution < -0.4 is 4.90 Å².